The van der Waals surface area contributed by atoms with Gasteiger partial charge >= 0.3 is 0 Å². The van der Waals surface area contributed by atoms with Gasteiger partial charge in [0.1, 0.15) is 6.54 Å². The average molecular weight is 562 g/mol. The molecule has 0 atom stereocenters. The molecule has 0 aliphatic heterocycles. The van der Waals surface area contributed by atoms with E-state index < -0.39 is 22.5 Å². The van der Waals surface area contributed by atoms with Crippen molar-refractivity contribution in [3.8, 4) is 5.69 Å². The number of anilines is 1. The van der Waals surface area contributed by atoms with E-state index in [1.54, 1.807) is 18.2 Å². The molecule has 3 aromatic rings. The fraction of sp³-hybridized carbons (Fsp3) is 0.182. The number of hydrogen-bond donors (Lipinski definition) is 1. The lowest BCUT2D eigenvalue weighted by Crippen LogP contribution is -2.39. The van der Waals surface area contributed by atoms with Gasteiger partial charge in [-0.3, -0.25) is 9.10 Å². The molecule has 7 nitrogen and oxygen atoms in total. The van der Waals surface area contributed by atoms with Crippen LogP contribution in [0.4, 0.5) is 5.69 Å². The van der Waals surface area contributed by atoms with Crippen LogP contribution in [0.3, 0.4) is 0 Å². The zero-order valence-electron chi connectivity index (χ0n) is 18.3. The maximum absolute atomic E-state index is 12.5. The predicted molar refractivity (Wildman–Crippen MR) is 140 cm³/mol. The highest BCUT2D eigenvalue weighted by Crippen LogP contribution is 2.31. The van der Waals surface area contributed by atoms with Crippen molar-refractivity contribution in [2.45, 2.75) is 13.8 Å². The Morgan fingerprint density at radius 2 is 1.65 bits per heavy atom. The molecule has 0 bridgehead atoms. The lowest BCUT2D eigenvalue weighted by atomic mass is 10.2. The van der Waals surface area contributed by atoms with Gasteiger partial charge in [-0.2, -0.15) is 5.10 Å². The normalized spacial score (nSPS) is 11.7. The first-order chi connectivity index (χ1) is 15.9. The minimum Gasteiger partial charge on any atom is -0.316 e. The monoisotopic (exact) mass is 560 g/mol. The second kappa shape index (κ2) is 10.6. The van der Waals surface area contributed by atoms with Crippen LogP contribution in [0.25, 0.3) is 5.69 Å². The molecule has 1 N–H and O–H groups in total. The van der Waals surface area contributed by atoms with Crippen LogP contribution in [0.15, 0.2) is 47.6 Å². The number of nitrogens with zero attached hydrogens (tertiary/aromatic N) is 3. The topological polar surface area (TPSA) is 83.8 Å². The van der Waals surface area contributed by atoms with E-state index in [0.29, 0.717) is 10.0 Å². The number of carbonyl (C=O) groups is 1. The molecular formula is C22H20Cl4N4O3S. The van der Waals surface area contributed by atoms with Crippen molar-refractivity contribution in [1.82, 2.24) is 9.99 Å². The second-order valence-electron chi connectivity index (χ2n) is 7.42. The molecule has 0 radical (unpaired) electrons. The van der Waals surface area contributed by atoms with Gasteiger partial charge in [0.05, 0.1) is 33.9 Å². The first kappa shape index (κ1) is 26.4. The summed E-state index contributed by atoms with van der Waals surface area (Å²) in [6, 6.07) is 11.4. The van der Waals surface area contributed by atoms with Gasteiger partial charge in [-0.15, -0.1) is 0 Å². The minimum absolute atomic E-state index is 0.0951. The third-order valence-corrected chi connectivity index (χ3v) is 7.11. The van der Waals surface area contributed by atoms with Crippen molar-refractivity contribution in [2.75, 3.05) is 17.1 Å². The van der Waals surface area contributed by atoms with Crippen molar-refractivity contribution < 1.29 is 13.2 Å². The molecule has 0 aliphatic carbocycles. The molecule has 0 spiro atoms. The quantitative estimate of drug-likeness (QED) is 0.300. The smallest absolute Gasteiger partial charge is 0.260 e. The van der Waals surface area contributed by atoms with Gasteiger partial charge < -0.3 is 4.57 Å². The Hall–Kier alpha value is -2.23. The highest BCUT2D eigenvalue weighted by Gasteiger charge is 2.23. The Morgan fingerprint density at radius 1 is 1.03 bits per heavy atom. The number of rotatable bonds is 7. The van der Waals surface area contributed by atoms with Gasteiger partial charge in [-0.05, 0) is 56.3 Å². The van der Waals surface area contributed by atoms with Gasteiger partial charge in [0.25, 0.3) is 5.91 Å². The minimum atomic E-state index is -3.83. The van der Waals surface area contributed by atoms with Crippen LogP contribution < -0.4 is 9.73 Å². The second-order valence-corrected chi connectivity index (χ2v) is 11.0. The number of halogens is 4. The van der Waals surface area contributed by atoms with E-state index >= 15 is 0 Å². The number of aryl methyl sites for hydroxylation is 1. The SMILES string of the molecule is Cc1cc(/C=N\NC(=O)CN(c2cc(Cl)ccc2Cl)S(C)(=O)=O)c(C)n1-c1cc(Cl)ccc1Cl. The Kier molecular flexibility index (Phi) is 8.21. The van der Waals surface area contributed by atoms with Gasteiger partial charge in [0.2, 0.25) is 10.0 Å². The molecule has 0 fully saturated rings. The molecule has 0 saturated carbocycles. The summed E-state index contributed by atoms with van der Waals surface area (Å²) in [5.74, 6) is -0.663. The highest BCUT2D eigenvalue weighted by molar-refractivity contribution is 7.92. The lowest BCUT2D eigenvalue weighted by Gasteiger charge is -2.22. The largest absolute Gasteiger partial charge is 0.316 e. The van der Waals surface area contributed by atoms with E-state index in [0.717, 1.165) is 33.2 Å². The first-order valence-corrected chi connectivity index (χ1v) is 13.1. The molecular weight excluding hydrogens is 542 g/mol. The molecule has 2 aromatic carbocycles. The van der Waals surface area contributed by atoms with Gasteiger partial charge in [0.15, 0.2) is 0 Å². The van der Waals surface area contributed by atoms with Crippen molar-refractivity contribution in [2.24, 2.45) is 5.10 Å². The Labute approximate surface area is 217 Å². The van der Waals surface area contributed by atoms with Crippen molar-refractivity contribution >= 4 is 74.2 Å². The number of hydrogen-bond acceptors (Lipinski definition) is 4. The van der Waals surface area contributed by atoms with Crippen LogP contribution in [-0.4, -0.2) is 37.9 Å². The fourth-order valence-corrected chi connectivity index (χ4v) is 5.01. The molecule has 180 valence electrons. The first-order valence-electron chi connectivity index (χ1n) is 9.77. The summed E-state index contributed by atoms with van der Waals surface area (Å²) in [6.07, 6.45) is 2.43. The van der Waals surface area contributed by atoms with Crippen molar-refractivity contribution in [3.63, 3.8) is 0 Å². The van der Waals surface area contributed by atoms with Gasteiger partial charge in [0, 0.05) is 27.0 Å². The van der Waals surface area contributed by atoms with Crippen molar-refractivity contribution in [1.29, 1.82) is 0 Å². The number of carbonyl (C=O) groups excluding carboxylic acids is 1. The number of benzene rings is 2. The van der Waals surface area contributed by atoms with E-state index in [1.807, 2.05) is 24.5 Å². The molecule has 1 aromatic heterocycles. The maximum atomic E-state index is 12.5. The van der Waals surface area contributed by atoms with Crippen LogP contribution >= 0.6 is 46.4 Å². The highest BCUT2D eigenvalue weighted by atomic mass is 35.5. The maximum Gasteiger partial charge on any atom is 0.260 e. The number of nitrogens with one attached hydrogen (secondary N) is 1. The summed E-state index contributed by atoms with van der Waals surface area (Å²) >= 11 is 24.6. The van der Waals surface area contributed by atoms with E-state index in [4.69, 9.17) is 46.4 Å². The van der Waals surface area contributed by atoms with Gasteiger partial charge in [-0.25, -0.2) is 13.8 Å². The standard InChI is InChI=1S/C22H20Cl4N4O3S/c1-13-8-15(14(2)30(13)21-10-17(24)5-7-19(21)26)11-27-28-22(31)12-29(34(3,32)33)20-9-16(23)4-6-18(20)25/h4-11H,12H2,1-3H3,(H,28,31)/b27-11-. The Morgan fingerprint density at radius 3 is 2.29 bits per heavy atom. The average Bonchev–Trinajstić information content (AvgIpc) is 3.02. The van der Waals surface area contributed by atoms with E-state index in [2.05, 4.69) is 10.5 Å². The molecule has 34 heavy (non-hydrogen) atoms. The number of aromatic nitrogens is 1. The summed E-state index contributed by atoms with van der Waals surface area (Å²) in [6.45, 7) is 3.24. The molecule has 0 saturated heterocycles. The zero-order valence-corrected chi connectivity index (χ0v) is 22.2. The third-order valence-electron chi connectivity index (χ3n) is 4.88. The van der Waals surface area contributed by atoms with Crippen LogP contribution in [0.5, 0.6) is 0 Å². The molecule has 3 rings (SSSR count). The number of sulfonamides is 1. The summed E-state index contributed by atoms with van der Waals surface area (Å²) in [4.78, 5) is 12.5. The summed E-state index contributed by atoms with van der Waals surface area (Å²) in [7, 11) is -3.83. The van der Waals surface area contributed by atoms with Gasteiger partial charge in [-0.1, -0.05) is 46.4 Å². The van der Waals surface area contributed by atoms with Crippen LogP contribution in [0.2, 0.25) is 20.1 Å². The van der Waals surface area contributed by atoms with Crippen LogP contribution in [-0.2, 0) is 14.8 Å². The number of amides is 1. The zero-order chi connectivity index (χ0) is 25.2. The van der Waals surface area contributed by atoms with E-state index in [1.165, 1.54) is 24.4 Å². The fourth-order valence-electron chi connectivity index (χ4n) is 3.34. The molecule has 12 heteroatoms. The van der Waals surface area contributed by atoms with E-state index in [-0.39, 0.29) is 15.7 Å². The lowest BCUT2D eigenvalue weighted by molar-refractivity contribution is -0.119. The number of hydrazone groups is 1. The molecule has 1 amide bonds. The molecule has 0 unspecified atom stereocenters. The van der Waals surface area contributed by atoms with E-state index in [9.17, 15) is 13.2 Å². The summed E-state index contributed by atoms with van der Waals surface area (Å²) in [5.41, 5.74) is 5.59. The Bertz CT molecular complexity index is 1390. The Balaban J connectivity index is 1.79. The predicted octanol–water partition coefficient (Wildman–Crippen LogP) is 5.62. The molecule has 0 aliphatic rings. The summed E-state index contributed by atoms with van der Waals surface area (Å²) < 4.78 is 27.3. The summed E-state index contributed by atoms with van der Waals surface area (Å²) in [5, 5.41) is 5.48. The van der Waals surface area contributed by atoms with Crippen LogP contribution in [0, 0.1) is 13.8 Å². The van der Waals surface area contributed by atoms with Crippen molar-refractivity contribution in [3.05, 3.63) is 79.5 Å². The molecule has 1 heterocycles. The van der Waals surface area contributed by atoms with Crippen LogP contribution in [0.1, 0.15) is 17.0 Å². The third kappa shape index (κ3) is 6.06.